The van der Waals surface area contributed by atoms with Crippen LogP contribution < -0.4 is 0 Å². The van der Waals surface area contributed by atoms with Crippen LogP contribution in [0.4, 0.5) is 0 Å². The van der Waals surface area contributed by atoms with Crippen molar-refractivity contribution in [1.29, 1.82) is 0 Å². The Hall–Kier alpha value is -1.94. The van der Waals surface area contributed by atoms with Gasteiger partial charge in [-0.25, -0.2) is 9.13 Å². The smallest absolute Gasteiger partial charge is 0.462 e. The summed E-state index contributed by atoms with van der Waals surface area (Å²) in [6.45, 7) is 7.36. The minimum atomic E-state index is -4.96. The monoisotopic (exact) mass is 1510 g/mol. The quantitative estimate of drug-likeness (QED) is 0.0222. The number of hydrogen-bond donors (Lipinski definition) is 3. The Labute approximate surface area is 632 Å². The molecule has 0 aromatic carbocycles. The molecule has 19 heteroatoms. The van der Waals surface area contributed by atoms with E-state index < -0.39 is 97.5 Å². The lowest BCUT2D eigenvalue weighted by atomic mass is 10.0. The fraction of sp³-hybridized carbons (Fsp3) is 0.952. The number of aliphatic hydroxyl groups is 1. The molecule has 0 spiro atoms. The summed E-state index contributed by atoms with van der Waals surface area (Å²) in [6, 6.07) is 0. The lowest BCUT2D eigenvalue weighted by molar-refractivity contribution is -0.161. The van der Waals surface area contributed by atoms with E-state index in [-0.39, 0.29) is 25.7 Å². The van der Waals surface area contributed by atoms with Crippen LogP contribution in [0.2, 0.25) is 0 Å². The van der Waals surface area contributed by atoms with Gasteiger partial charge in [-0.15, -0.1) is 0 Å². The Morgan fingerprint density at radius 1 is 0.262 bits per heavy atom. The van der Waals surface area contributed by atoms with Gasteiger partial charge in [0, 0.05) is 25.7 Å². The van der Waals surface area contributed by atoms with Crippen molar-refractivity contribution in [2.24, 2.45) is 5.92 Å². The molecule has 2 unspecified atom stereocenters. The first-order valence-electron chi connectivity index (χ1n) is 43.6. The molecule has 0 radical (unpaired) electrons. The molecule has 0 aliphatic carbocycles. The Bertz CT molecular complexity index is 1960. The van der Waals surface area contributed by atoms with Crippen molar-refractivity contribution in [2.75, 3.05) is 39.6 Å². The number of phosphoric ester groups is 2. The van der Waals surface area contributed by atoms with Crippen LogP contribution in [-0.2, 0) is 65.4 Å². The number of esters is 4. The SMILES string of the molecule is CCCCCCCCCCCCCCCCCCCCCCC(=O)O[C@H](COC(=O)CCCCCCCCCCCCCCCCC(C)C)COP(=O)(O)OC[C@@H](O)COP(=O)(O)OC[C@@H](COC(=O)CCCCCCCCCCC)OC(=O)CCCCCCCCCCCCCCCCCCC. The largest absolute Gasteiger partial charge is 0.472 e. The van der Waals surface area contributed by atoms with E-state index in [9.17, 15) is 43.2 Å². The number of carbonyl (C=O) groups is 4. The summed E-state index contributed by atoms with van der Waals surface area (Å²) in [7, 11) is -9.92. The van der Waals surface area contributed by atoms with Gasteiger partial charge in [-0.2, -0.15) is 0 Å². The van der Waals surface area contributed by atoms with E-state index in [1.807, 2.05) is 0 Å². The maximum absolute atomic E-state index is 13.1. The molecular formula is C84H164O17P2. The van der Waals surface area contributed by atoms with E-state index in [1.165, 1.54) is 276 Å². The van der Waals surface area contributed by atoms with Crippen LogP contribution in [0, 0.1) is 5.92 Å². The summed E-state index contributed by atoms with van der Waals surface area (Å²) < 4.78 is 68.8. The van der Waals surface area contributed by atoms with Crippen LogP contribution in [0.3, 0.4) is 0 Å². The second kappa shape index (κ2) is 76.8. The third kappa shape index (κ3) is 78.0. The summed E-state index contributed by atoms with van der Waals surface area (Å²) in [5.41, 5.74) is 0. The molecule has 0 aliphatic rings. The van der Waals surface area contributed by atoms with Crippen molar-refractivity contribution < 1.29 is 80.2 Å². The van der Waals surface area contributed by atoms with Gasteiger partial charge in [0.05, 0.1) is 26.4 Å². The number of phosphoric acid groups is 2. The van der Waals surface area contributed by atoms with Crippen molar-refractivity contribution in [3.05, 3.63) is 0 Å². The highest BCUT2D eigenvalue weighted by Gasteiger charge is 2.30. The average Bonchev–Trinajstić information content (AvgIpc) is 1.18. The lowest BCUT2D eigenvalue weighted by Gasteiger charge is -2.21. The molecule has 0 aromatic rings. The molecule has 17 nitrogen and oxygen atoms in total. The van der Waals surface area contributed by atoms with Crippen molar-refractivity contribution in [3.63, 3.8) is 0 Å². The molecule has 0 rings (SSSR count). The molecule has 0 aliphatic heterocycles. The van der Waals surface area contributed by atoms with Crippen molar-refractivity contribution in [1.82, 2.24) is 0 Å². The topological polar surface area (TPSA) is 237 Å². The molecule has 0 fully saturated rings. The zero-order valence-corrected chi connectivity index (χ0v) is 69.3. The predicted molar refractivity (Wildman–Crippen MR) is 423 cm³/mol. The summed E-state index contributed by atoms with van der Waals surface area (Å²) in [6.07, 6.45) is 69.4. The summed E-state index contributed by atoms with van der Waals surface area (Å²) >= 11 is 0. The highest BCUT2D eigenvalue weighted by Crippen LogP contribution is 2.45. The number of carbonyl (C=O) groups excluding carboxylic acids is 4. The van der Waals surface area contributed by atoms with E-state index in [0.717, 1.165) is 95.8 Å². The fourth-order valence-corrected chi connectivity index (χ4v) is 14.7. The zero-order valence-electron chi connectivity index (χ0n) is 67.5. The summed E-state index contributed by atoms with van der Waals surface area (Å²) in [5, 5.41) is 10.7. The Morgan fingerprint density at radius 3 is 0.660 bits per heavy atom. The molecule has 0 saturated carbocycles. The van der Waals surface area contributed by atoms with Gasteiger partial charge in [0.1, 0.15) is 19.3 Å². The average molecular weight is 1510 g/mol. The van der Waals surface area contributed by atoms with Gasteiger partial charge in [0.25, 0.3) is 0 Å². The van der Waals surface area contributed by atoms with Gasteiger partial charge >= 0.3 is 39.5 Å². The molecule has 0 saturated heterocycles. The van der Waals surface area contributed by atoms with Crippen LogP contribution in [0.15, 0.2) is 0 Å². The summed E-state index contributed by atoms with van der Waals surface area (Å²) in [5.74, 6) is -1.30. The third-order valence-electron chi connectivity index (χ3n) is 19.8. The molecule has 0 heterocycles. The van der Waals surface area contributed by atoms with E-state index in [0.29, 0.717) is 25.7 Å². The minimum Gasteiger partial charge on any atom is -0.462 e. The van der Waals surface area contributed by atoms with Gasteiger partial charge in [-0.05, 0) is 31.6 Å². The normalized spacial score (nSPS) is 13.8. The number of aliphatic hydroxyl groups excluding tert-OH is 1. The second-order valence-corrected chi connectivity index (χ2v) is 33.6. The Balaban J connectivity index is 5.21. The molecule has 612 valence electrons. The van der Waals surface area contributed by atoms with E-state index in [4.69, 9.17) is 37.0 Å². The number of ether oxygens (including phenoxy) is 4. The van der Waals surface area contributed by atoms with Gasteiger partial charge in [-0.3, -0.25) is 37.3 Å². The predicted octanol–water partition coefficient (Wildman–Crippen LogP) is 25.6. The molecular weight excluding hydrogens is 1340 g/mol. The maximum atomic E-state index is 13.1. The second-order valence-electron chi connectivity index (χ2n) is 30.7. The van der Waals surface area contributed by atoms with Crippen molar-refractivity contribution >= 4 is 39.5 Å². The first-order chi connectivity index (χ1) is 50.0. The van der Waals surface area contributed by atoms with Crippen LogP contribution in [-0.4, -0.2) is 96.7 Å². The van der Waals surface area contributed by atoms with E-state index in [2.05, 4.69) is 34.6 Å². The molecule has 5 atom stereocenters. The van der Waals surface area contributed by atoms with E-state index in [1.54, 1.807) is 0 Å². The van der Waals surface area contributed by atoms with Gasteiger partial charge in [0.2, 0.25) is 0 Å². The molecule has 0 aromatic heterocycles. The van der Waals surface area contributed by atoms with Crippen LogP contribution in [0.25, 0.3) is 0 Å². The molecule has 3 N–H and O–H groups in total. The van der Waals surface area contributed by atoms with Crippen LogP contribution >= 0.6 is 15.6 Å². The Morgan fingerprint density at radius 2 is 0.447 bits per heavy atom. The van der Waals surface area contributed by atoms with Crippen LogP contribution in [0.5, 0.6) is 0 Å². The highest BCUT2D eigenvalue weighted by atomic mass is 31.2. The number of hydrogen-bond acceptors (Lipinski definition) is 15. The first kappa shape index (κ1) is 101. The van der Waals surface area contributed by atoms with Crippen LogP contribution in [0.1, 0.15) is 452 Å². The number of unbranched alkanes of at least 4 members (excludes halogenated alkanes) is 56. The van der Waals surface area contributed by atoms with Gasteiger partial charge < -0.3 is 33.8 Å². The van der Waals surface area contributed by atoms with E-state index >= 15 is 0 Å². The van der Waals surface area contributed by atoms with Gasteiger partial charge in [0.15, 0.2) is 12.2 Å². The number of rotatable bonds is 84. The lowest BCUT2D eigenvalue weighted by Crippen LogP contribution is -2.30. The highest BCUT2D eigenvalue weighted by molar-refractivity contribution is 7.47. The van der Waals surface area contributed by atoms with Gasteiger partial charge in [-0.1, -0.05) is 401 Å². The van der Waals surface area contributed by atoms with Crippen molar-refractivity contribution in [2.45, 2.75) is 470 Å². The minimum absolute atomic E-state index is 0.109. The van der Waals surface area contributed by atoms with Crippen molar-refractivity contribution in [3.8, 4) is 0 Å². The molecule has 0 amide bonds. The molecule has 103 heavy (non-hydrogen) atoms. The third-order valence-corrected chi connectivity index (χ3v) is 21.7. The zero-order chi connectivity index (χ0) is 75.5. The maximum Gasteiger partial charge on any atom is 0.472 e. The Kier molecular flexibility index (Phi) is 75.4. The standard InChI is InChI=1S/C84H164O17P2/c1-6-9-12-15-18-21-23-25-27-29-30-31-33-35-41-45-50-55-60-65-70-84(89)101-80(74-95-82(87)68-63-58-53-48-43-39-37-36-38-42-47-51-56-61-66-77(4)5)76-99-103(92,93)97-72-78(85)71-96-102(90,91)98-75-79(73-94-81(86)67-62-57-52-46-20-17-14-11-8-3)100-83(88)69-64-59-54-49-44-40-34-32-28-26-24-22-19-16-13-10-7-2/h77-80,85H,6-76H2,1-5H3,(H,90,91)(H,92,93)/t78-,79+,80+/m0/s1. The fourth-order valence-electron chi connectivity index (χ4n) is 13.1. The molecule has 0 bridgehead atoms. The summed E-state index contributed by atoms with van der Waals surface area (Å²) in [4.78, 5) is 73.1. The first-order valence-corrected chi connectivity index (χ1v) is 46.6.